The molecule has 1 unspecified atom stereocenters. The fourth-order valence-corrected chi connectivity index (χ4v) is 4.57. The zero-order valence-electron chi connectivity index (χ0n) is 18.4. The van der Waals surface area contributed by atoms with Crippen LogP contribution in [0.15, 0.2) is 72.8 Å². The minimum atomic E-state index is -1.34. The molecule has 1 aliphatic heterocycles. The molecule has 2 aliphatic rings. The van der Waals surface area contributed by atoms with Gasteiger partial charge in [-0.05, 0) is 34.4 Å². The second kappa shape index (κ2) is 8.94. The molecule has 0 spiro atoms. The van der Waals surface area contributed by atoms with E-state index < -0.39 is 29.9 Å². The van der Waals surface area contributed by atoms with Crippen molar-refractivity contribution in [1.82, 2.24) is 10.4 Å². The monoisotopic (exact) mass is 471 g/mol. The van der Waals surface area contributed by atoms with E-state index in [0.717, 1.165) is 27.3 Å². The number of amides is 3. The highest BCUT2D eigenvalue weighted by Gasteiger charge is 2.40. The second-order valence-electron chi connectivity index (χ2n) is 8.26. The zero-order valence-corrected chi connectivity index (χ0v) is 18.4. The Hall–Kier alpha value is -4.66. The lowest BCUT2D eigenvalue weighted by Gasteiger charge is -2.22. The summed E-state index contributed by atoms with van der Waals surface area (Å²) >= 11 is 0. The van der Waals surface area contributed by atoms with Crippen LogP contribution >= 0.6 is 0 Å². The van der Waals surface area contributed by atoms with Crippen LogP contribution in [0.2, 0.25) is 0 Å². The molecule has 0 radical (unpaired) electrons. The van der Waals surface area contributed by atoms with Gasteiger partial charge in [-0.2, -0.15) is 0 Å². The lowest BCUT2D eigenvalue weighted by Crippen LogP contribution is -2.46. The first-order chi connectivity index (χ1) is 16.9. The number of nitrogens with one attached hydrogen (secondary N) is 2. The summed E-state index contributed by atoms with van der Waals surface area (Å²) in [5.41, 5.74) is 6.78. The maximum Gasteiger partial charge on any atom is 0.411 e. The first-order valence-corrected chi connectivity index (χ1v) is 11.0. The van der Waals surface area contributed by atoms with Gasteiger partial charge >= 0.3 is 12.1 Å². The number of aliphatic carboxylic acids is 1. The number of para-hydroxylation sites is 1. The molecule has 0 bridgehead atoms. The van der Waals surface area contributed by atoms with Gasteiger partial charge in [0.1, 0.15) is 6.61 Å². The first kappa shape index (κ1) is 22.1. The highest BCUT2D eigenvalue weighted by Crippen LogP contribution is 2.44. The van der Waals surface area contributed by atoms with Crippen molar-refractivity contribution < 1.29 is 29.0 Å². The van der Waals surface area contributed by atoms with E-state index in [9.17, 15) is 24.3 Å². The van der Waals surface area contributed by atoms with Gasteiger partial charge in [0, 0.05) is 5.92 Å². The molecule has 1 aliphatic carbocycles. The number of benzene rings is 3. The van der Waals surface area contributed by atoms with E-state index in [2.05, 4.69) is 10.7 Å². The van der Waals surface area contributed by atoms with E-state index in [1.807, 2.05) is 48.5 Å². The van der Waals surface area contributed by atoms with Crippen molar-refractivity contribution in [3.8, 4) is 11.1 Å². The fourth-order valence-electron chi connectivity index (χ4n) is 4.57. The molecule has 3 aromatic rings. The Labute approximate surface area is 200 Å². The SMILES string of the molecule is O=C1CC(C(=O)O)N(C(=O)c2ccccc2NC(=O)OCC2c3ccccc3-c3ccccc32)N1. The minimum Gasteiger partial charge on any atom is -0.480 e. The summed E-state index contributed by atoms with van der Waals surface area (Å²) in [6, 6.07) is 20.7. The largest absolute Gasteiger partial charge is 0.480 e. The van der Waals surface area contributed by atoms with E-state index in [0.29, 0.717) is 0 Å². The third-order valence-electron chi connectivity index (χ3n) is 6.18. The third-order valence-corrected chi connectivity index (χ3v) is 6.18. The number of hydrazine groups is 1. The number of carbonyl (C=O) groups is 4. The van der Waals surface area contributed by atoms with Gasteiger partial charge in [-0.3, -0.25) is 20.3 Å². The van der Waals surface area contributed by atoms with Gasteiger partial charge in [0.05, 0.1) is 17.7 Å². The van der Waals surface area contributed by atoms with E-state index in [4.69, 9.17) is 4.74 Å². The molecule has 0 saturated carbocycles. The average molecular weight is 471 g/mol. The van der Waals surface area contributed by atoms with E-state index in [1.54, 1.807) is 12.1 Å². The Balaban J connectivity index is 1.31. The molecule has 1 atom stereocenters. The number of carbonyl (C=O) groups excluding carboxylic acids is 3. The number of carboxylic acids is 1. The second-order valence-corrected chi connectivity index (χ2v) is 8.26. The maximum atomic E-state index is 13.0. The summed E-state index contributed by atoms with van der Waals surface area (Å²) < 4.78 is 5.54. The first-order valence-electron chi connectivity index (χ1n) is 11.0. The molecular weight excluding hydrogens is 450 g/mol. The molecule has 9 nitrogen and oxygen atoms in total. The number of nitrogens with zero attached hydrogens (tertiary/aromatic N) is 1. The van der Waals surface area contributed by atoms with Crippen molar-refractivity contribution in [3.05, 3.63) is 89.5 Å². The Morgan fingerprint density at radius 2 is 1.54 bits per heavy atom. The molecule has 35 heavy (non-hydrogen) atoms. The fraction of sp³-hybridized carbons (Fsp3) is 0.154. The Bertz CT molecular complexity index is 1310. The van der Waals surface area contributed by atoms with Crippen LogP contribution in [0.3, 0.4) is 0 Å². The summed E-state index contributed by atoms with van der Waals surface area (Å²) in [6.45, 7) is 0.0965. The van der Waals surface area contributed by atoms with Crippen molar-refractivity contribution in [1.29, 1.82) is 0 Å². The van der Waals surface area contributed by atoms with Crippen molar-refractivity contribution in [2.75, 3.05) is 11.9 Å². The normalized spacial score (nSPS) is 16.3. The van der Waals surface area contributed by atoms with Gasteiger partial charge < -0.3 is 9.84 Å². The van der Waals surface area contributed by atoms with Crippen LogP contribution in [0.25, 0.3) is 11.1 Å². The summed E-state index contributed by atoms with van der Waals surface area (Å²) in [7, 11) is 0. The summed E-state index contributed by atoms with van der Waals surface area (Å²) in [5, 5.41) is 12.7. The summed E-state index contributed by atoms with van der Waals surface area (Å²) in [5.74, 6) is -2.76. The highest BCUT2D eigenvalue weighted by molar-refractivity contribution is 6.06. The maximum absolute atomic E-state index is 13.0. The van der Waals surface area contributed by atoms with Crippen LogP contribution in [0.1, 0.15) is 33.8 Å². The van der Waals surface area contributed by atoms with Crippen molar-refractivity contribution in [3.63, 3.8) is 0 Å². The van der Waals surface area contributed by atoms with E-state index in [1.165, 1.54) is 12.1 Å². The lowest BCUT2D eigenvalue weighted by molar-refractivity contribution is -0.142. The molecule has 1 fully saturated rings. The Morgan fingerprint density at radius 1 is 0.943 bits per heavy atom. The predicted octanol–water partition coefficient (Wildman–Crippen LogP) is 3.38. The van der Waals surface area contributed by atoms with Crippen LogP contribution in [0, 0.1) is 0 Å². The average Bonchev–Trinajstić information content (AvgIpc) is 3.41. The van der Waals surface area contributed by atoms with Crippen LogP contribution in [0.5, 0.6) is 0 Å². The van der Waals surface area contributed by atoms with Crippen LogP contribution in [0.4, 0.5) is 10.5 Å². The molecule has 176 valence electrons. The molecule has 5 rings (SSSR count). The molecule has 3 aromatic carbocycles. The molecular formula is C26H21N3O6. The quantitative estimate of drug-likeness (QED) is 0.524. The van der Waals surface area contributed by atoms with Gasteiger partial charge in [0.15, 0.2) is 6.04 Å². The predicted molar refractivity (Wildman–Crippen MR) is 125 cm³/mol. The molecule has 0 aromatic heterocycles. The van der Waals surface area contributed by atoms with Crippen molar-refractivity contribution in [2.24, 2.45) is 0 Å². The van der Waals surface area contributed by atoms with Gasteiger partial charge in [-0.25, -0.2) is 14.6 Å². The Kier molecular flexibility index (Phi) is 5.66. The number of ether oxygens (including phenoxy) is 1. The third kappa shape index (κ3) is 4.08. The molecule has 3 amide bonds. The van der Waals surface area contributed by atoms with Gasteiger partial charge in [0.25, 0.3) is 5.91 Å². The topological polar surface area (TPSA) is 125 Å². The van der Waals surface area contributed by atoms with Crippen LogP contribution in [-0.4, -0.2) is 46.6 Å². The molecule has 1 heterocycles. The molecule has 9 heteroatoms. The number of anilines is 1. The highest BCUT2D eigenvalue weighted by atomic mass is 16.5. The zero-order chi connectivity index (χ0) is 24.5. The van der Waals surface area contributed by atoms with E-state index >= 15 is 0 Å². The Morgan fingerprint density at radius 3 is 2.20 bits per heavy atom. The molecule has 3 N–H and O–H groups in total. The van der Waals surface area contributed by atoms with Crippen molar-refractivity contribution >= 4 is 29.6 Å². The van der Waals surface area contributed by atoms with Gasteiger partial charge in [0.2, 0.25) is 5.91 Å². The summed E-state index contributed by atoms with van der Waals surface area (Å²) in [6.07, 6.45) is -1.10. The lowest BCUT2D eigenvalue weighted by atomic mass is 9.98. The summed E-state index contributed by atoms with van der Waals surface area (Å²) in [4.78, 5) is 48.9. The van der Waals surface area contributed by atoms with Gasteiger partial charge in [-0.15, -0.1) is 0 Å². The number of fused-ring (bicyclic) bond motifs is 3. The van der Waals surface area contributed by atoms with E-state index in [-0.39, 0.29) is 30.2 Å². The minimum absolute atomic E-state index is 0.0226. The number of carboxylic acid groups (broad SMARTS) is 1. The van der Waals surface area contributed by atoms with Gasteiger partial charge in [-0.1, -0.05) is 60.7 Å². The molecule has 1 saturated heterocycles. The number of rotatable bonds is 5. The van der Waals surface area contributed by atoms with Crippen LogP contribution < -0.4 is 10.7 Å². The standard InChI is InChI=1S/C26H21N3O6/c30-23-13-22(25(32)33)29(28-23)24(31)19-11-5-6-12-21(19)27-26(34)35-14-20-17-9-3-1-7-15(17)16-8-2-4-10-18(16)20/h1-12,20,22H,13-14H2,(H,27,34)(H,28,30)(H,32,33). The number of hydrogen-bond donors (Lipinski definition) is 3. The van der Waals surface area contributed by atoms with Crippen molar-refractivity contribution in [2.45, 2.75) is 18.4 Å². The number of hydrogen-bond acceptors (Lipinski definition) is 5. The van der Waals surface area contributed by atoms with Crippen LogP contribution in [-0.2, 0) is 14.3 Å². The smallest absolute Gasteiger partial charge is 0.411 e.